The van der Waals surface area contributed by atoms with E-state index in [0.29, 0.717) is 55.3 Å². The highest BCUT2D eigenvalue weighted by molar-refractivity contribution is 7.92. The maximum atomic E-state index is 13.0. The van der Waals surface area contributed by atoms with Crippen molar-refractivity contribution in [3.8, 4) is 11.3 Å². The Labute approximate surface area is 180 Å². The fourth-order valence-corrected chi connectivity index (χ4v) is 4.24. The first kappa shape index (κ1) is 21.1. The number of benzene rings is 1. The van der Waals surface area contributed by atoms with Gasteiger partial charge in [-0.3, -0.25) is 4.72 Å². The molecule has 164 valence electrons. The van der Waals surface area contributed by atoms with Crippen LogP contribution in [0.4, 0.5) is 17.5 Å². The molecule has 0 saturated carbocycles. The molecule has 4 rings (SSSR count). The lowest BCUT2D eigenvalue weighted by molar-refractivity contribution is 0.122. The third kappa shape index (κ3) is 4.62. The summed E-state index contributed by atoms with van der Waals surface area (Å²) in [6.07, 6.45) is 3.03. The molecule has 0 spiro atoms. The minimum absolute atomic E-state index is 0.124. The van der Waals surface area contributed by atoms with Crippen molar-refractivity contribution in [1.82, 2.24) is 15.0 Å². The summed E-state index contributed by atoms with van der Waals surface area (Å²) < 4.78 is 39.1. The van der Waals surface area contributed by atoms with Gasteiger partial charge in [0.1, 0.15) is 17.6 Å². The number of oxazole rings is 1. The van der Waals surface area contributed by atoms with E-state index in [1.165, 1.54) is 24.6 Å². The zero-order valence-electron chi connectivity index (χ0n) is 17.6. The van der Waals surface area contributed by atoms with E-state index in [1.807, 2.05) is 4.90 Å². The lowest BCUT2D eigenvalue weighted by atomic mass is 10.2. The van der Waals surface area contributed by atoms with Crippen molar-refractivity contribution in [2.45, 2.75) is 11.8 Å². The molecule has 1 saturated heterocycles. The van der Waals surface area contributed by atoms with Gasteiger partial charge in [0.25, 0.3) is 10.0 Å². The van der Waals surface area contributed by atoms with Gasteiger partial charge in [-0.25, -0.2) is 18.4 Å². The molecular weight excluding hydrogens is 420 g/mol. The highest BCUT2D eigenvalue weighted by Gasteiger charge is 2.21. The first-order chi connectivity index (χ1) is 14.8. The Balaban J connectivity index is 1.58. The Hall–Kier alpha value is -3.18. The van der Waals surface area contributed by atoms with Crippen LogP contribution in [0.3, 0.4) is 0 Å². The van der Waals surface area contributed by atoms with Crippen LogP contribution in [0.25, 0.3) is 11.3 Å². The highest BCUT2D eigenvalue weighted by atomic mass is 32.2. The molecule has 11 heteroatoms. The van der Waals surface area contributed by atoms with Gasteiger partial charge in [-0.05, 0) is 12.1 Å². The highest BCUT2D eigenvalue weighted by Crippen LogP contribution is 2.27. The number of rotatable bonds is 6. The van der Waals surface area contributed by atoms with Crippen LogP contribution < -0.4 is 14.5 Å². The average Bonchev–Trinajstić information content (AvgIpc) is 3.20. The standard InChI is InChI=1S/C20H24N6O4S/c1-14-22-18(13-30-14)15-4-6-16(7-5-15)31(27,28)24-17-12-21-20(23-19(17)25(2)3)26-8-10-29-11-9-26/h4-7,12-13,24H,8-11H2,1-3H3. The van der Waals surface area contributed by atoms with E-state index in [0.717, 1.165) is 5.56 Å². The second kappa shape index (κ2) is 8.52. The van der Waals surface area contributed by atoms with Crippen LogP contribution in [0.5, 0.6) is 0 Å². The van der Waals surface area contributed by atoms with Crippen LogP contribution in [0, 0.1) is 6.92 Å². The zero-order chi connectivity index (χ0) is 22.0. The molecule has 31 heavy (non-hydrogen) atoms. The molecule has 1 aromatic carbocycles. The Morgan fingerprint density at radius 1 is 1.10 bits per heavy atom. The topological polar surface area (TPSA) is 114 Å². The molecule has 0 radical (unpaired) electrons. The van der Waals surface area contributed by atoms with Gasteiger partial charge in [0.2, 0.25) is 5.95 Å². The predicted octanol–water partition coefficient (Wildman–Crippen LogP) is 2.14. The largest absolute Gasteiger partial charge is 0.449 e. The van der Waals surface area contributed by atoms with Crippen molar-refractivity contribution in [2.75, 3.05) is 54.9 Å². The summed E-state index contributed by atoms with van der Waals surface area (Å²) in [5.41, 5.74) is 1.72. The number of nitrogens with one attached hydrogen (secondary N) is 1. The molecule has 0 aliphatic carbocycles. The van der Waals surface area contributed by atoms with Crippen LogP contribution in [0.2, 0.25) is 0 Å². The number of aromatic nitrogens is 3. The molecule has 10 nitrogen and oxygen atoms in total. The smallest absolute Gasteiger partial charge is 0.262 e. The summed E-state index contributed by atoms with van der Waals surface area (Å²) in [7, 11) is -0.228. The van der Waals surface area contributed by atoms with Crippen LogP contribution in [-0.4, -0.2) is 63.8 Å². The Morgan fingerprint density at radius 3 is 2.42 bits per heavy atom. The maximum Gasteiger partial charge on any atom is 0.262 e. The number of ether oxygens (including phenoxy) is 1. The first-order valence-corrected chi connectivity index (χ1v) is 11.2. The van der Waals surface area contributed by atoms with Gasteiger partial charge in [0.15, 0.2) is 11.7 Å². The van der Waals surface area contributed by atoms with Gasteiger partial charge in [0.05, 0.1) is 24.3 Å². The predicted molar refractivity (Wildman–Crippen MR) is 117 cm³/mol. The van der Waals surface area contributed by atoms with Crippen LogP contribution >= 0.6 is 0 Å². The van der Waals surface area contributed by atoms with Crippen molar-refractivity contribution in [1.29, 1.82) is 0 Å². The summed E-state index contributed by atoms with van der Waals surface area (Å²) in [6, 6.07) is 6.44. The zero-order valence-corrected chi connectivity index (χ0v) is 18.4. The number of sulfonamides is 1. The molecule has 0 unspecified atom stereocenters. The SMILES string of the molecule is Cc1nc(-c2ccc(S(=O)(=O)Nc3cnc(N4CCOCC4)nc3N(C)C)cc2)co1. The van der Waals surface area contributed by atoms with Crippen LogP contribution in [-0.2, 0) is 14.8 Å². The second-order valence-corrected chi connectivity index (χ2v) is 8.97. The van der Waals surface area contributed by atoms with E-state index in [-0.39, 0.29) is 4.90 Å². The quantitative estimate of drug-likeness (QED) is 0.611. The van der Waals surface area contributed by atoms with Crippen LogP contribution in [0.1, 0.15) is 5.89 Å². The number of nitrogens with zero attached hydrogens (tertiary/aromatic N) is 5. The first-order valence-electron chi connectivity index (χ1n) is 9.76. The minimum Gasteiger partial charge on any atom is -0.449 e. The lowest BCUT2D eigenvalue weighted by Gasteiger charge is -2.28. The van der Waals surface area contributed by atoms with E-state index in [2.05, 4.69) is 19.7 Å². The van der Waals surface area contributed by atoms with Gasteiger partial charge < -0.3 is 19.0 Å². The molecule has 0 bridgehead atoms. The number of hydrogen-bond acceptors (Lipinski definition) is 9. The van der Waals surface area contributed by atoms with E-state index in [1.54, 1.807) is 38.1 Å². The van der Waals surface area contributed by atoms with Gasteiger partial charge >= 0.3 is 0 Å². The molecule has 2 aromatic heterocycles. The monoisotopic (exact) mass is 444 g/mol. The van der Waals surface area contributed by atoms with Crippen molar-refractivity contribution >= 4 is 27.5 Å². The third-order valence-corrected chi connectivity index (χ3v) is 6.18. The van der Waals surface area contributed by atoms with Crippen molar-refractivity contribution in [2.24, 2.45) is 0 Å². The lowest BCUT2D eigenvalue weighted by Crippen LogP contribution is -2.37. The fraction of sp³-hybridized carbons (Fsp3) is 0.350. The summed E-state index contributed by atoms with van der Waals surface area (Å²) in [5.74, 6) is 1.57. The number of morpholine rings is 1. The van der Waals surface area contributed by atoms with Crippen molar-refractivity contribution in [3.05, 3.63) is 42.6 Å². The molecular formula is C20H24N6O4S. The number of aryl methyl sites for hydroxylation is 1. The molecule has 1 aliphatic heterocycles. The molecule has 1 fully saturated rings. The van der Waals surface area contributed by atoms with E-state index < -0.39 is 10.0 Å². The van der Waals surface area contributed by atoms with Crippen molar-refractivity contribution < 1.29 is 17.6 Å². The van der Waals surface area contributed by atoms with E-state index in [9.17, 15) is 8.42 Å². The summed E-state index contributed by atoms with van der Waals surface area (Å²) in [4.78, 5) is 17.1. The van der Waals surface area contributed by atoms with Gasteiger partial charge in [-0.15, -0.1) is 0 Å². The van der Waals surface area contributed by atoms with Gasteiger partial charge in [0, 0.05) is 39.7 Å². The van der Waals surface area contributed by atoms with E-state index >= 15 is 0 Å². The summed E-state index contributed by atoms with van der Waals surface area (Å²) in [6.45, 7) is 4.35. The molecule has 1 aliphatic rings. The van der Waals surface area contributed by atoms with Crippen molar-refractivity contribution in [3.63, 3.8) is 0 Å². The van der Waals surface area contributed by atoms with E-state index in [4.69, 9.17) is 9.15 Å². The maximum absolute atomic E-state index is 13.0. The summed E-state index contributed by atoms with van der Waals surface area (Å²) in [5, 5.41) is 0. The normalized spacial score (nSPS) is 14.5. The Morgan fingerprint density at radius 2 is 1.81 bits per heavy atom. The number of anilines is 3. The fourth-order valence-electron chi connectivity index (χ4n) is 3.20. The molecule has 0 atom stereocenters. The van der Waals surface area contributed by atoms with Gasteiger partial charge in [-0.2, -0.15) is 4.98 Å². The second-order valence-electron chi connectivity index (χ2n) is 7.28. The Bertz CT molecular complexity index is 1150. The molecule has 3 heterocycles. The summed E-state index contributed by atoms with van der Waals surface area (Å²) >= 11 is 0. The average molecular weight is 445 g/mol. The third-order valence-electron chi connectivity index (χ3n) is 4.80. The molecule has 3 aromatic rings. The van der Waals surface area contributed by atoms with Gasteiger partial charge in [-0.1, -0.05) is 12.1 Å². The minimum atomic E-state index is -3.83. The molecule has 0 amide bonds. The number of hydrogen-bond donors (Lipinski definition) is 1. The van der Waals surface area contributed by atoms with Crippen LogP contribution in [0.15, 0.2) is 46.0 Å². The molecule has 1 N–H and O–H groups in total. The Kier molecular flexibility index (Phi) is 5.79.